The van der Waals surface area contributed by atoms with Crippen LogP contribution in [0.4, 0.5) is 0 Å². The Balaban J connectivity index is 2.08. The summed E-state index contributed by atoms with van der Waals surface area (Å²) in [5.41, 5.74) is 0. The fourth-order valence-electron chi connectivity index (χ4n) is 2.19. The summed E-state index contributed by atoms with van der Waals surface area (Å²) < 4.78 is 0. The second-order valence-electron chi connectivity index (χ2n) is 4.95. The fraction of sp³-hybridized carbons (Fsp3) is 0.769. The van der Waals surface area contributed by atoms with Crippen LogP contribution in [0.25, 0.3) is 0 Å². The lowest BCUT2D eigenvalue weighted by atomic mass is 9.96. The van der Waals surface area contributed by atoms with E-state index in [4.69, 9.17) is 17.3 Å². The van der Waals surface area contributed by atoms with Gasteiger partial charge in [-0.25, -0.2) is 0 Å². The second-order valence-corrected chi connectivity index (χ2v) is 5.36. The predicted molar refractivity (Wildman–Crippen MR) is 77.1 cm³/mol. The first-order valence-corrected chi connectivity index (χ1v) is 7.26. The van der Waals surface area contributed by atoms with E-state index in [1.165, 1.54) is 19.3 Å². The minimum absolute atomic E-state index is 0.00551. The van der Waals surface area contributed by atoms with Gasteiger partial charge in [0.05, 0.1) is 6.54 Å². The Kier molecular flexibility index (Phi) is 7.40. The van der Waals surface area contributed by atoms with Crippen LogP contribution >= 0.6 is 12.2 Å². The number of rotatable bonds is 7. The van der Waals surface area contributed by atoms with Gasteiger partial charge in [-0.1, -0.05) is 19.3 Å². The molecule has 0 heterocycles. The number of carbonyl (C=O) groups excluding carboxylic acids is 1. The van der Waals surface area contributed by atoms with Crippen molar-refractivity contribution >= 4 is 29.1 Å². The average Bonchev–Trinajstić information content (AvgIpc) is 2.37. The van der Waals surface area contributed by atoms with Crippen molar-refractivity contribution in [2.45, 2.75) is 57.4 Å². The van der Waals surface area contributed by atoms with E-state index in [9.17, 15) is 9.59 Å². The fourth-order valence-corrected chi connectivity index (χ4v) is 2.43. The zero-order valence-corrected chi connectivity index (χ0v) is 11.9. The highest BCUT2D eigenvalue weighted by Crippen LogP contribution is 2.17. The summed E-state index contributed by atoms with van der Waals surface area (Å²) in [5, 5.41) is 15.1. The van der Waals surface area contributed by atoms with Crippen LogP contribution in [-0.4, -0.2) is 34.6 Å². The van der Waals surface area contributed by atoms with Crippen LogP contribution in [0.15, 0.2) is 0 Å². The van der Waals surface area contributed by atoms with Crippen LogP contribution in [0.2, 0.25) is 0 Å². The van der Waals surface area contributed by atoms with Gasteiger partial charge in [0.2, 0.25) is 0 Å². The zero-order chi connectivity index (χ0) is 14.1. The van der Waals surface area contributed by atoms with Crippen molar-refractivity contribution in [1.82, 2.24) is 10.6 Å². The molecule has 0 unspecified atom stereocenters. The monoisotopic (exact) mass is 286 g/mol. The Morgan fingerprint density at radius 3 is 2.47 bits per heavy atom. The lowest BCUT2D eigenvalue weighted by Crippen LogP contribution is -2.44. The van der Waals surface area contributed by atoms with Crippen molar-refractivity contribution in [2.75, 3.05) is 6.54 Å². The third-order valence-corrected chi connectivity index (χ3v) is 3.49. The van der Waals surface area contributed by atoms with Gasteiger partial charge in [0.25, 0.3) is 0 Å². The van der Waals surface area contributed by atoms with E-state index < -0.39 is 5.97 Å². The maximum Gasteiger partial charge on any atom is 0.303 e. The number of hydrogen-bond donors (Lipinski definition) is 3. The molecule has 6 heteroatoms. The molecule has 5 nitrogen and oxygen atoms in total. The van der Waals surface area contributed by atoms with Gasteiger partial charge in [-0.2, -0.15) is 0 Å². The normalized spacial score (nSPS) is 15.8. The molecule has 0 aromatic heterocycles. The van der Waals surface area contributed by atoms with Crippen LogP contribution in [0.5, 0.6) is 0 Å². The van der Waals surface area contributed by atoms with Gasteiger partial charge in [0.1, 0.15) is 0 Å². The Morgan fingerprint density at radius 1 is 1.16 bits per heavy atom. The predicted octanol–water partition coefficient (Wildman–Crippen LogP) is 1.61. The molecule has 108 valence electrons. The van der Waals surface area contributed by atoms with Crippen molar-refractivity contribution in [3.8, 4) is 0 Å². The minimum Gasteiger partial charge on any atom is -0.481 e. The third kappa shape index (κ3) is 7.77. The second kappa shape index (κ2) is 8.85. The van der Waals surface area contributed by atoms with E-state index in [0.717, 1.165) is 12.8 Å². The van der Waals surface area contributed by atoms with Crippen molar-refractivity contribution in [3.63, 3.8) is 0 Å². The molecule has 0 spiro atoms. The highest BCUT2D eigenvalue weighted by molar-refractivity contribution is 7.80. The minimum atomic E-state index is -0.866. The van der Waals surface area contributed by atoms with Crippen LogP contribution in [0.1, 0.15) is 51.4 Å². The number of ketones is 1. The lowest BCUT2D eigenvalue weighted by molar-refractivity contribution is -0.137. The smallest absolute Gasteiger partial charge is 0.303 e. The number of hydrogen-bond acceptors (Lipinski definition) is 3. The molecule has 0 aromatic rings. The molecule has 0 atom stereocenters. The van der Waals surface area contributed by atoms with Gasteiger partial charge in [-0.3, -0.25) is 9.59 Å². The molecular weight excluding hydrogens is 264 g/mol. The molecular formula is C13H22N2O3S. The van der Waals surface area contributed by atoms with Gasteiger partial charge >= 0.3 is 5.97 Å². The Labute approximate surface area is 119 Å². The first-order chi connectivity index (χ1) is 9.08. The summed E-state index contributed by atoms with van der Waals surface area (Å²) in [5.74, 6) is -0.871. The van der Waals surface area contributed by atoms with E-state index in [1.54, 1.807) is 0 Å². The Morgan fingerprint density at radius 2 is 1.84 bits per heavy atom. The van der Waals surface area contributed by atoms with Gasteiger partial charge in [0, 0.05) is 18.9 Å². The molecule has 1 fully saturated rings. The summed E-state index contributed by atoms with van der Waals surface area (Å²) in [6.45, 7) is 0.179. The highest BCUT2D eigenvalue weighted by atomic mass is 32.1. The molecule has 3 N–H and O–H groups in total. The van der Waals surface area contributed by atoms with Crippen LogP contribution in [0, 0.1) is 0 Å². The van der Waals surface area contributed by atoms with Crippen LogP contribution in [-0.2, 0) is 9.59 Å². The molecule has 0 bridgehead atoms. The first kappa shape index (κ1) is 15.9. The highest BCUT2D eigenvalue weighted by Gasteiger charge is 2.14. The van der Waals surface area contributed by atoms with Crippen molar-refractivity contribution in [3.05, 3.63) is 0 Å². The molecule has 0 amide bonds. The molecule has 0 radical (unpaired) electrons. The van der Waals surface area contributed by atoms with Crippen molar-refractivity contribution in [2.24, 2.45) is 0 Å². The van der Waals surface area contributed by atoms with E-state index >= 15 is 0 Å². The zero-order valence-electron chi connectivity index (χ0n) is 11.1. The number of thiocarbonyl (C=S) groups is 1. The van der Waals surface area contributed by atoms with Crippen LogP contribution < -0.4 is 10.6 Å². The van der Waals surface area contributed by atoms with E-state index in [-0.39, 0.29) is 25.2 Å². The number of Topliss-reactive ketones (excluding diaryl/α,β-unsaturated/α-hetero) is 1. The summed E-state index contributed by atoms with van der Waals surface area (Å²) in [6, 6.07) is 0.427. The molecule has 1 rings (SSSR count). The summed E-state index contributed by atoms with van der Waals surface area (Å²) >= 11 is 5.14. The SMILES string of the molecule is O=C(O)CCCC(=O)CNC(=S)NC1CCCCC1. The standard InChI is InChI=1S/C13H22N2O3S/c16-11(7-4-8-12(17)18)9-14-13(19)15-10-5-2-1-3-6-10/h10H,1-9H2,(H,17,18)(H2,14,15,19). The largest absolute Gasteiger partial charge is 0.481 e. The molecule has 1 saturated carbocycles. The maximum atomic E-state index is 11.5. The summed E-state index contributed by atoms with van der Waals surface area (Å²) in [4.78, 5) is 21.8. The maximum absolute atomic E-state index is 11.5. The van der Waals surface area contributed by atoms with Crippen LogP contribution in [0.3, 0.4) is 0 Å². The number of nitrogens with one attached hydrogen (secondary N) is 2. The summed E-state index contributed by atoms with van der Waals surface area (Å²) in [7, 11) is 0. The number of carboxylic acid groups (broad SMARTS) is 1. The van der Waals surface area contributed by atoms with Crippen molar-refractivity contribution < 1.29 is 14.7 Å². The van der Waals surface area contributed by atoms with Gasteiger partial charge in [-0.05, 0) is 31.5 Å². The van der Waals surface area contributed by atoms with Gasteiger partial charge in [-0.15, -0.1) is 0 Å². The van der Waals surface area contributed by atoms with E-state index in [1.807, 2.05) is 0 Å². The lowest BCUT2D eigenvalue weighted by Gasteiger charge is -2.24. The molecule has 0 saturated heterocycles. The number of aliphatic carboxylic acids is 1. The number of carbonyl (C=O) groups is 2. The van der Waals surface area contributed by atoms with E-state index in [2.05, 4.69) is 10.6 Å². The van der Waals surface area contributed by atoms with Crippen molar-refractivity contribution in [1.29, 1.82) is 0 Å². The quantitative estimate of drug-likeness (QED) is 0.617. The topological polar surface area (TPSA) is 78.4 Å². The number of carboxylic acids is 1. The molecule has 19 heavy (non-hydrogen) atoms. The Hall–Kier alpha value is -1.17. The molecule has 0 aromatic carbocycles. The summed E-state index contributed by atoms with van der Waals surface area (Å²) in [6.07, 6.45) is 6.73. The first-order valence-electron chi connectivity index (χ1n) is 6.86. The van der Waals surface area contributed by atoms with Gasteiger partial charge in [0.15, 0.2) is 10.9 Å². The average molecular weight is 286 g/mol. The third-order valence-electron chi connectivity index (χ3n) is 3.23. The Bertz CT molecular complexity index is 328. The van der Waals surface area contributed by atoms with Gasteiger partial charge < -0.3 is 15.7 Å². The van der Waals surface area contributed by atoms with E-state index in [0.29, 0.717) is 17.6 Å². The molecule has 1 aliphatic carbocycles. The molecule has 1 aliphatic rings. The molecule has 0 aliphatic heterocycles.